The molecule has 1 rings (SSSR count). The molecule has 0 aliphatic carbocycles. The van der Waals surface area contributed by atoms with Crippen LogP contribution < -0.4 is 0 Å². The number of aromatic nitrogens is 1. The van der Waals surface area contributed by atoms with E-state index in [2.05, 4.69) is 4.98 Å². The van der Waals surface area contributed by atoms with E-state index in [0.717, 1.165) is 0 Å². The van der Waals surface area contributed by atoms with Crippen molar-refractivity contribution in [1.82, 2.24) is 4.98 Å². The third-order valence-corrected chi connectivity index (χ3v) is 1.71. The van der Waals surface area contributed by atoms with Crippen LogP contribution in [0.3, 0.4) is 0 Å². The average molecular weight is 227 g/mol. The van der Waals surface area contributed by atoms with E-state index in [9.17, 15) is 23.7 Å². The van der Waals surface area contributed by atoms with Crippen molar-refractivity contribution in [2.75, 3.05) is 0 Å². The van der Waals surface area contributed by atoms with Crippen molar-refractivity contribution in [3.05, 3.63) is 33.0 Å². The van der Waals surface area contributed by atoms with Gasteiger partial charge in [-0.05, 0) is 9.91 Å². The number of nitro groups is 1. The summed E-state index contributed by atoms with van der Waals surface area (Å²) in [7, 11) is 0. The van der Waals surface area contributed by atoms with Crippen LogP contribution in [0.2, 0.25) is 0 Å². The lowest BCUT2D eigenvalue weighted by molar-refractivity contribution is -0.389. The van der Waals surface area contributed by atoms with Crippen LogP contribution in [0.1, 0.15) is 28.0 Å². The number of aldehydes is 1. The zero-order valence-corrected chi connectivity index (χ0v) is 7.55. The molecule has 0 radical (unpaired) electrons. The normalized spacial score (nSPS) is 9.88. The third kappa shape index (κ3) is 1.98. The van der Waals surface area contributed by atoms with Crippen molar-refractivity contribution in [2.45, 2.75) is 6.43 Å². The van der Waals surface area contributed by atoms with Gasteiger partial charge in [-0.25, -0.2) is 8.78 Å². The first-order chi connectivity index (χ1) is 7.51. The Labute approximate surface area is 87.3 Å². The number of carbonyl (C=O) groups is 1. The zero-order valence-electron chi connectivity index (χ0n) is 7.55. The Hall–Kier alpha value is -2.43. The fourth-order valence-corrected chi connectivity index (χ4v) is 1.07. The Balaban J connectivity index is 3.57. The fourth-order valence-electron chi connectivity index (χ4n) is 1.07. The number of pyridine rings is 1. The molecule has 8 heteroatoms. The summed E-state index contributed by atoms with van der Waals surface area (Å²) >= 11 is 0. The standard InChI is InChI=1S/C8H3F2N3O3/c9-8(10)7-4(2-11)1-6(13(15)16)12-5(7)3-14/h1,3,8H. The van der Waals surface area contributed by atoms with Gasteiger partial charge >= 0.3 is 5.82 Å². The van der Waals surface area contributed by atoms with Gasteiger partial charge in [0.15, 0.2) is 6.29 Å². The molecule has 0 amide bonds. The van der Waals surface area contributed by atoms with E-state index >= 15 is 0 Å². The predicted octanol–water partition coefficient (Wildman–Crippen LogP) is 1.61. The quantitative estimate of drug-likeness (QED) is 0.443. The minimum Gasteiger partial charge on any atom is -0.358 e. The van der Waals surface area contributed by atoms with Gasteiger partial charge in [-0.1, -0.05) is 0 Å². The molecule has 1 heterocycles. The van der Waals surface area contributed by atoms with Crippen LogP contribution in [-0.2, 0) is 0 Å². The second kappa shape index (κ2) is 4.39. The number of nitriles is 1. The van der Waals surface area contributed by atoms with Crippen LogP contribution in [0.15, 0.2) is 6.07 Å². The first kappa shape index (κ1) is 11.6. The lowest BCUT2D eigenvalue weighted by Crippen LogP contribution is -2.04. The molecule has 1 aromatic heterocycles. The van der Waals surface area contributed by atoms with E-state index in [0.29, 0.717) is 6.07 Å². The number of halogens is 2. The Kier molecular flexibility index (Phi) is 3.20. The van der Waals surface area contributed by atoms with E-state index in [-0.39, 0.29) is 6.29 Å². The second-order valence-corrected chi connectivity index (χ2v) is 2.61. The Morgan fingerprint density at radius 3 is 2.62 bits per heavy atom. The maximum absolute atomic E-state index is 12.5. The van der Waals surface area contributed by atoms with E-state index in [1.807, 2.05) is 0 Å². The Morgan fingerprint density at radius 2 is 2.25 bits per heavy atom. The van der Waals surface area contributed by atoms with Gasteiger partial charge in [0, 0.05) is 0 Å². The molecule has 0 saturated carbocycles. The third-order valence-electron chi connectivity index (χ3n) is 1.71. The van der Waals surface area contributed by atoms with Crippen molar-refractivity contribution >= 4 is 12.1 Å². The Morgan fingerprint density at radius 1 is 1.62 bits per heavy atom. The largest absolute Gasteiger partial charge is 0.365 e. The van der Waals surface area contributed by atoms with Crippen molar-refractivity contribution in [3.63, 3.8) is 0 Å². The molecule has 0 aromatic carbocycles. The number of alkyl halides is 2. The summed E-state index contributed by atoms with van der Waals surface area (Å²) in [4.78, 5) is 22.9. The smallest absolute Gasteiger partial charge is 0.358 e. The summed E-state index contributed by atoms with van der Waals surface area (Å²) in [5.74, 6) is -0.817. The predicted molar refractivity (Wildman–Crippen MR) is 46.0 cm³/mol. The maximum Gasteiger partial charge on any atom is 0.365 e. The molecule has 0 unspecified atom stereocenters. The maximum atomic E-state index is 12.5. The highest BCUT2D eigenvalue weighted by molar-refractivity contribution is 5.76. The van der Waals surface area contributed by atoms with Gasteiger partial charge in [-0.2, -0.15) is 5.26 Å². The number of carbonyl (C=O) groups excluding carboxylic acids is 1. The van der Waals surface area contributed by atoms with E-state index in [1.54, 1.807) is 0 Å². The van der Waals surface area contributed by atoms with Crippen LogP contribution in [-0.4, -0.2) is 16.2 Å². The van der Waals surface area contributed by atoms with Crippen molar-refractivity contribution < 1.29 is 18.5 Å². The minimum absolute atomic E-state index is 0.0463. The highest BCUT2D eigenvalue weighted by Gasteiger charge is 2.26. The summed E-state index contributed by atoms with van der Waals surface area (Å²) in [6.45, 7) is 0. The molecule has 0 aliphatic rings. The molecule has 0 bridgehead atoms. The summed E-state index contributed by atoms with van der Waals surface area (Å²) in [6, 6.07) is 1.97. The highest BCUT2D eigenvalue weighted by Crippen LogP contribution is 2.27. The van der Waals surface area contributed by atoms with Gasteiger partial charge < -0.3 is 10.1 Å². The molecule has 0 saturated heterocycles. The van der Waals surface area contributed by atoms with Gasteiger partial charge in [0.25, 0.3) is 6.43 Å². The van der Waals surface area contributed by atoms with Gasteiger partial charge in [0.2, 0.25) is 5.69 Å². The SMILES string of the molecule is N#Cc1cc([N+](=O)[O-])nc(C=O)c1C(F)F. The number of hydrogen-bond acceptors (Lipinski definition) is 5. The molecule has 0 N–H and O–H groups in total. The van der Waals surface area contributed by atoms with Crippen LogP contribution >= 0.6 is 0 Å². The lowest BCUT2D eigenvalue weighted by atomic mass is 10.1. The summed E-state index contributed by atoms with van der Waals surface area (Å²) in [5, 5.41) is 18.9. The van der Waals surface area contributed by atoms with Crippen LogP contribution in [0.25, 0.3) is 0 Å². The molecule has 0 spiro atoms. The minimum atomic E-state index is -3.09. The van der Waals surface area contributed by atoms with E-state index < -0.39 is 34.0 Å². The van der Waals surface area contributed by atoms with E-state index in [4.69, 9.17) is 5.26 Å². The van der Waals surface area contributed by atoms with Crippen LogP contribution in [0, 0.1) is 21.4 Å². The van der Waals surface area contributed by atoms with Crippen LogP contribution in [0.4, 0.5) is 14.6 Å². The molecule has 0 atom stereocenters. The molecular weight excluding hydrogens is 224 g/mol. The summed E-state index contributed by atoms with van der Waals surface area (Å²) < 4.78 is 24.9. The lowest BCUT2D eigenvalue weighted by Gasteiger charge is -2.02. The monoisotopic (exact) mass is 227 g/mol. The number of rotatable bonds is 3. The molecular formula is C8H3F2N3O3. The second-order valence-electron chi connectivity index (χ2n) is 2.61. The van der Waals surface area contributed by atoms with Gasteiger partial charge in [0.05, 0.1) is 17.2 Å². The van der Waals surface area contributed by atoms with Gasteiger partial charge in [-0.3, -0.25) is 4.79 Å². The average Bonchev–Trinajstić information content (AvgIpc) is 2.26. The Bertz CT molecular complexity index is 496. The van der Waals surface area contributed by atoms with Crippen molar-refractivity contribution in [1.29, 1.82) is 5.26 Å². The van der Waals surface area contributed by atoms with E-state index in [1.165, 1.54) is 6.07 Å². The number of nitrogens with zero attached hydrogens (tertiary/aromatic N) is 3. The molecule has 0 fully saturated rings. The molecule has 0 aliphatic heterocycles. The highest BCUT2D eigenvalue weighted by atomic mass is 19.3. The molecule has 6 nitrogen and oxygen atoms in total. The first-order valence-electron chi connectivity index (χ1n) is 3.84. The summed E-state index contributed by atoms with van der Waals surface area (Å²) in [6.07, 6.45) is -3.14. The number of hydrogen-bond donors (Lipinski definition) is 0. The van der Waals surface area contributed by atoms with Crippen molar-refractivity contribution in [2.24, 2.45) is 0 Å². The molecule has 1 aromatic rings. The zero-order chi connectivity index (χ0) is 12.3. The summed E-state index contributed by atoms with van der Waals surface area (Å²) in [5.41, 5.74) is -2.30. The molecule has 82 valence electrons. The fraction of sp³-hybridized carbons (Fsp3) is 0.125. The molecule has 16 heavy (non-hydrogen) atoms. The van der Waals surface area contributed by atoms with Gasteiger partial charge in [-0.15, -0.1) is 0 Å². The first-order valence-corrected chi connectivity index (χ1v) is 3.84. The van der Waals surface area contributed by atoms with Gasteiger partial charge in [0.1, 0.15) is 6.07 Å². The topological polar surface area (TPSA) is 96.9 Å². The van der Waals surface area contributed by atoms with Crippen molar-refractivity contribution in [3.8, 4) is 6.07 Å². The van der Waals surface area contributed by atoms with Crippen LogP contribution in [0.5, 0.6) is 0 Å².